The van der Waals surface area contributed by atoms with Gasteiger partial charge in [0.15, 0.2) is 5.11 Å². The van der Waals surface area contributed by atoms with E-state index in [1.807, 2.05) is 42.2 Å². The van der Waals surface area contributed by atoms with Crippen LogP contribution < -0.4 is 15.5 Å². The number of amides is 1. The van der Waals surface area contributed by atoms with Crippen LogP contribution in [-0.2, 0) is 10.5 Å². The lowest BCUT2D eigenvalue weighted by Gasteiger charge is -2.20. The minimum Gasteiger partial charge on any atom is -0.468 e. The Bertz CT molecular complexity index is 762. The Balaban J connectivity index is 1.45. The third kappa shape index (κ3) is 5.02. The molecule has 138 valence electrons. The summed E-state index contributed by atoms with van der Waals surface area (Å²) in [5.41, 5.74) is 2.96. The predicted octanol–water partition coefficient (Wildman–Crippen LogP) is 3.93. The molecule has 0 atom stereocenters. The van der Waals surface area contributed by atoms with Crippen molar-refractivity contribution < 1.29 is 9.21 Å². The Morgan fingerprint density at radius 1 is 1.38 bits per heavy atom. The van der Waals surface area contributed by atoms with E-state index in [1.54, 1.807) is 18.0 Å². The van der Waals surface area contributed by atoms with Crippen LogP contribution in [0.2, 0.25) is 0 Å². The normalized spacial score (nSPS) is 13.9. The number of thiocarbonyl (C=S) groups is 1. The highest BCUT2D eigenvalue weighted by molar-refractivity contribution is 7.98. The van der Waals surface area contributed by atoms with Gasteiger partial charge in [-0.1, -0.05) is 6.07 Å². The number of thioether (sulfide) groups is 1. The number of aryl methyl sites for hydroxylation is 1. The number of hydrogen-bond donors (Lipinski definition) is 2. The van der Waals surface area contributed by atoms with Gasteiger partial charge in [-0.25, -0.2) is 0 Å². The molecule has 1 saturated heterocycles. The van der Waals surface area contributed by atoms with E-state index in [0.717, 1.165) is 53.7 Å². The molecule has 1 aromatic heterocycles. The van der Waals surface area contributed by atoms with E-state index in [2.05, 4.69) is 10.6 Å². The van der Waals surface area contributed by atoms with E-state index in [4.69, 9.17) is 16.6 Å². The molecule has 7 heteroatoms. The Hall–Kier alpha value is -1.99. The lowest BCUT2D eigenvalue weighted by Crippen LogP contribution is -2.30. The van der Waals surface area contributed by atoms with Gasteiger partial charge in [0.1, 0.15) is 5.76 Å². The fourth-order valence-corrected chi connectivity index (χ4v) is 3.84. The first-order chi connectivity index (χ1) is 12.6. The van der Waals surface area contributed by atoms with Crippen molar-refractivity contribution in [1.29, 1.82) is 0 Å². The molecule has 2 heterocycles. The summed E-state index contributed by atoms with van der Waals surface area (Å²) in [5.74, 6) is 2.98. The van der Waals surface area contributed by atoms with Gasteiger partial charge in [-0.3, -0.25) is 4.79 Å². The molecular formula is C19H23N3O2S2. The van der Waals surface area contributed by atoms with Gasteiger partial charge in [-0.05, 0) is 55.4 Å². The van der Waals surface area contributed by atoms with Gasteiger partial charge < -0.3 is 20.0 Å². The van der Waals surface area contributed by atoms with Crippen molar-refractivity contribution in [2.45, 2.75) is 25.5 Å². The van der Waals surface area contributed by atoms with Gasteiger partial charge in [-0.2, -0.15) is 11.8 Å². The predicted molar refractivity (Wildman–Crippen MR) is 112 cm³/mol. The third-order valence-electron chi connectivity index (χ3n) is 4.19. The van der Waals surface area contributed by atoms with Crippen LogP contribution in [0.1, 0.15) is 24.2 Å². The Morgan fingerprint density at radius 2 is 2.27 bits per heavy atom. The van der Waals surface area contributed by atoms with Gasteiger partial charge in [0.2, 0.25) is 5.91 Å². The number of anilines is 2. The van der Waals surface area contributed by atoms with Crippen LogP contribution in [0.15, 0.2) is 41.0 Å². The topological polar surface area (TPSA) is 57.5 Å². The lowest BCUT2D eigenvalue weighted by atomic mass is 10.1. The highest BCUT2D eigenvalue weighted by Crippen LogP contribution is 2.28. The third-order valence-corrected chi connectivity index (χ3v) is 5.42. The number of carbonyl (C=O) groups excluding carboxylic acids is 1. The molecule has 1 fully saturated rings. The first kappa shape index (κ1) is 18.8. The number of nitrogens with zero attached hydrogens (tertiary/aromatic N) is 1. The van der Waals surface area contributed by atoms with E-state index in [0.29, 0.717) is 11.5 Å². The van der Waals surface area contributed by atoms with Crippen LogP contribution in [0.3, 0.4) is 0 Å². The molecule has 0 radical (unpaired) electrons. The molecule has 2 N–H and O–H groups in total. The minimum absolute atomic E-state index is 0.194. The lowest BCUT2D eigenvalue weighted by molar-refractivity contribution is -0.117. The van der Waals surface area contributed by atoms with E-state index < -0.39 is 0 Å². The van der Waals surface area contributed by atoms with Crippen LogP contribution >= 0.6 is 24.0 Å². The minimum atomic E-state index is 0.194. The zero-order chi connectivity index (χ0) is 18.4. The maximum atomic E-state index is 12.0. The van der Waals surface area contributed by atoms with Gasteiger partial charge in [0.05, 0.1) is 12.0 Å². The smallest absolute Gasteiger partial charge is 0.227 e. The largest absolute Gasteiger partial charge is 0.468 e. The van der Waals surface area contributed by atoms with Crippen molar-refractivity contribution in [1.82, 2.24) is 5.32 Å². The standard InChI is InChI=1S/C19H23N3O2S2/c1-14-6-7-15(12-17(14)22-9-2-5-18(22)23)21-19(25)20-8-11-26-13-16-4-3-10-24-16/h3-4,6-7,10,12H,2,5,8-9,11,13H2,1H3,(H2,20,21,25). The summed E-state index contributed by atoms with van der Waals surface area (Å²) >= 11 is 7.16. The summed E-state index contributed by atoms with van der Waals surface area (Å²) in [6.45, 7) is 3.59. The number of nitrogens with one attached hydrogen (secondary N) is 2. The van der Waals surface area contributed by atoms with Gasteiger partial charge in [0, 0.05) is 36.6 Å². The number of hydrogen-bond acceptors (Lipinski definition) is 4. The second-order valence-corrected chi connectivity index (χ2v) is 7.68. The van der Waals surface area contributed by atoms with Gasteiger partial charge >= 0.3 is 0 Å². The first-order valence-corrected chi connectivity index (χ1v) is 10.3. The van der Waals surface area contributed by atoms with Crippen molar-refractivity contribution in [2.75, 3.05) is 29.1 Å². The summed E-state index contributed by atoms with van der Waals surface area (Å²) in [7, 11) is 0. The molecular weight excluding hydrogens is 366 g/mol. The average molecular weight is 390 g/mol. The fourth-order valence-electron chi connectivity index (χ4n) is 2.86. The molecule has 1 aliphatic rings. The van der Waals surface area contributed by atoms with E-state index in [9.17, 15) is 4.79 Å². The number of carbonyl (C=O) groups is 1. The summed E-state index contributed by atoms with van der Waals surface area (Å²) < 4.78 is 5.30. The van der Waals surface area contributed by atoms with Crippen LogP contribution in [0.25, 0.3) is 0 Å². The van der Waals surface area contributed by atoms with Crippen LogP contribution in [0.4, 0.5) is 11.4 Å². The molecule has 1 aromatic carbocycles. The molecule has 0 aliphatic carbocycles. The van der Waals surface area contributed by atoms with Crippen LogP contribution in [-0.4, -0.2) is 29.9 Å². The maximum absolute atomic E-state index is 12.0. The first-order valence-electron chi connectivity index (χ1n) is 8.69. The quantitative estimate of drug-likeness (QED) is 0.553. The second-order valence-electron chi connectivity index (χ2n) is 6.16. The maximum Gasteiger partial charge on any atom is 0.227 e. The summed E-state index contributed by atoms with van der Waals surface area (Å²) in [4.78, 5) is 13.9. The second kappa shape index (κ2) is 9.09. The monoisotopic (exact) mass is 389 g/mol. The molecule has 1 amide bonds. The van der Waals surface area contributed by atoms with Gasteiger partial charge in [0.25, 0.3) is 0 Å². The number of rotatable bonds is 7. The zero-order valence-corrected chi connectivity index (χ0v) is 16.4. The van der Waals surface area contributed by atoms with Crippen LogP contribution in [0.5, 0.6) is 0 Å². The van der Waals surface area contributed by atoms with Crippen molar-refractivity contribution in [3.05, 3.63) is 47.9 Å². The molecule has 2 aromatic rings. The Morgan fingerprint density at radius 3 is 3.00 bits per heavy atom. The molecule has 5 nitrogen and oxygen atoms in total. The van der Waals surface area contributed by atoms with Crippen LogP contribution in [0, 0.1) is 6.92 Å². The van der Waals surface area contributed by atoms with E-state index in [-0.39, 0.29) is 5.91 Å². The molecule has 0 saturated carbocycles. The molecule has 0 bridgehead atoms. The number of benzene rings is 1. The summed E-state index contributed by atoms with van der Waals surface area (Å²) in [6.07, 6.45) is 3.25. The van der Waals surface area contributed by atoms with Crippen molar-refractivity contribution in [3.63, 3.8) is 0 Å². The van der Waals surface area contributed by atoms with Crippen molar-refractivity contribution in [3.8, 4) is 0 Å². The molecule has 3 rings (SSSR count). The molecule has 0 unspecified atom stereocenters. The molecule has 0 spiro atoms. The molecule has 26 heavy (non-hydrogen) atoms. The Kier molecular flexibility index (Phi) is 6.57. The highest BCUT2D eigenvalue weighted by atomic mass is 32.2. The Labute approximate surface area is 163 Å². The highest BCUT2D eigenvalue weighted by Gasteiger charge is 2.23. The summed E-state index contributed by atoms with van der Waals surface area (Å²) in [5, 5.41) is 7.01. The van der Waals surface area contributed by atoms with E-state index >= 15 is 0 Å². The van der Waals surface area contributed by atoms with Gasteiger partial charge in [-0.15, -0.1) is 0 Å². The van der Waals surface area contributed by atoms with Crippen molar-refractivity contribution >= 4 is 46.4 Å². The number of furan rings is 1. The van der Waals surface area contributed by atoms with Crippen molar-refractivity contribution in [2.24, 2.45) is 0 Å². The fraction of sp³-hybridized carbons (Fsp3) is 0.368. The SMILES string of the molecule is Cc1ccc(NC(=S)NCCSCc2ccco2)cc1N1CCCC1=O. The van der Waals surface area contributed by atoms with E-state index in [1.165, 1.54) is 0 Å². The molecule has 1 aliphatic heterocycles. The average Bonchev–Trinajstić information content (AvgIpc) is 3.28. The summed E-state index contributed by atoms with van der Waals surface area (Å²) in [6, 6.07) is 9.88. The zero-order valence-electron chi connectivity index (χ0n) is 14.8.